The highest BCUT2D eigenvalue weighted by Gasteiger charge is 2.00. The summed E-state index contributed by atoms with van der Waals surface area (Å²) in [6.45, 7) is -0.178. The van der Waals surface area contributed by atoms with Crippen molar-refractivity contribution < 1.29 is 5.11 Å². The highest BCUT2D eigenvalue weighted by molar-refractivity contribution is 5.66. The molecule has 0 aliphatic carbocycles. The van der Waals surface area contributed by atoms with Crippen molar-refractivity contribution >= 4 is 11.2 Å². The SMILES string of the molecule is OCc1ncc2n[nH]nc2n1. The van der Waals surface area contributed by atoms with E-state index in [1.54, 1.807) is 0 Å². The summed E-state index contributed by atoms with van der Waals surface area (Å²) in [5.74, 6) is 0.353. The maximum atomic E-state index is 8.65. The molecule has 2 rings (SSSR count). The van der Waals surface area contributed by atoms with Crippen LogP contribution in [0.25, 0.3) is 11.2 Å². The van der Waals surface area contributed by atoms with Crippen LogP contribution in [0.3, 0.4) is 0 Å². The molecule has 6 heteroatoms. The van der Waals surface area contributed by atoms with Crippen LogP contribution >= 0.6 is 0 Å². The third-order valence-electron chi connectivity index (χ3n) is 1.27. The van der Waals surface area contributed by atoms with Gasteiger partial charge in [0, 0.05) is 0 Å². The minimum Gasteiger partial charge on any atom is -0.388 e. The van der Waals surface area contributed by atoms with Gasteiger partial charge in [-0.25, -0.2) is 9.97 Å². The molecule has 0 unspecified atom stereocenters. The average Bonchev–Trinajstić information content (AvgIpc) is 2.50. The maximum absolute atomic E-state index is 8.65. The Bertz CT molecular complexity index is 370. The predicted molar refractivity (Wildman–Crippen MR) is 35.4 cm³/mol. The first kappa shape index (κ1) is 6.17. The molecule has 0 amide bonds. The van der Waals surface area contributed by atoms with Crippen molar-refractivity contribution in [1.29, 1.82) is 0 Å². The van der Waals surface area contributed by atoms with Crippen molar-refractivity contribution in [2.45, 2.75) is 6.61 Å². The lowest BCUT2D eigenvalue weighted by atomic mass is 10.5. The molecule has 0 radical (unpaired) electrons. The van der Waals surface area contributed by atoms with Gasteiger partial charge in [-0.2, -0.15) is 10.3 Å². The molecule has 0 aliphatic rings. The molecule has 2 aromatic rings. The molecule has 0 saturated heterocycles. The van der Waals surface area contributed by atoms with E-state index in [4.69, 9.17) is 5.11 Å². The van der Waals surface area contributed by atoms with Gasteiger partial charge in [0.2, 0.25) is 5.65 Å². The minimum absolute atomic E-state index is 0.178. The second-order valence-corrected chi connectivity index (χ2v) is 1.98. The quantitative estimate of drug-likeness (QED) is 0.559. The zero-order valence-corrected chi connectivity index (χ0v) is 5.52. The zero-order valence-electron chi connectivity index (χ0n) is 5.52. The highest BCUT2D eigenvalue weighted by atomic mass is 16.3. The molecule has 56 valence electrons. The van der Waals surface area contributed by atoms with Crippen molar-refractivity contribution in [3.05, 3.63) is 12.0 Å². The minimum atomic E-state index is -0.178. The van der Waals surface area contributed by atoms with E-state index < -0.39 is 0 Å². The number of nitrogens with one attached hydrogen (secondary N) is 1. The van der Waals surface area contributed by atoms with Gasteiger partial charge in [0.1, 0.15) is 12.1 Å². The van der Waals surface area contributed by atoms with Gasteiger partial charge in [0.25, 0.3) is 0 Å². The van der Waals surface area contributed by atoms with E-state index in [-0.39, 0.29) is 6.61 Å². The first-order chi connectivity index (χ1) is 5.40. The lowest BCUT2D eigenvalue weighted by molar-refractivity contribution is 0.271. The molecule has 0 aromatic carbocycles. The van der Waals surface area contributed by atoms with Gasteiger partial charge in [-0.15, -0.1) is 5.10 Å². The molecule has 11 heavy (non-hydrogen) atoms. The number of rotatable bonds is 1. The molecule has 6 nitrogen and oxygen atoms in total. The monoisotopic (exact) mass is 151 g/mol. The van der Waals surface area contributed by atoms with Gasteiger partial charge in [-0.3, -0.25) is 0 Å². The molecular weight excluding hydrogens is 146 g/mol. The summed E-state index contributed by atoms with van der Waals surface area (Å²) in [6, 6.07) is 0. The van der Waals surface area contributed by atoms with Crippen LogP contribution in [-0.2, 0) is 6.61 Å². The van der Waals surface area contributed by atoms with E-state index >= 15 is 0 Å². The van der Waals surface area contributed by atoms with Gasteiger partial charge < -0.3 is 5.11 Å². The van der Waals surface area contributed by atoms with E-state index in [1.807, 2.05) is 0 Å². The summed E-state index contributed by atoms with van der Waals surface area (Å²) >= 11 is 0. The van der Waals surface area contributed by atoms with Gasteiger partial charge in [-0.05, 0) is 0 Å². The summed E-state index contributed by atoms with van der Waals surface area (Å²) in [4.78, 5) is 7.70. The summed E-state index contributed by atoms with van der Waals surface area (Å²) in [6.07, 6.45) is 1.51. The normalized spacial score (nSPS) is 10.6. The number of aliphatic hydroxyl groups excluding tert-OH is 1. The third kappa shape index (κ3) is 0.926. The van der Waals surface area contributed by atoms with Crippen LogP contribution in [0.4, 0.5) is 0 Å². The topological polar surface area (TPSA) is 87.6 Å². The van der Waals surface area contributed by atoms with Crippen LogP contribution in [0.2, 0.25) is 0 Å². The Morgan fingerprint density at radius 3 is 3.18 bits per heavy atom. The third-order valence-corrected chi connectivity index (χ3v) is 1.27. The maximum Gasteiger partial charge on any atom is 0.205 e. The number of nitrogens with zero attached hydrogens (tertiary/aromatic N) is 4. The molecule has 0 atom stereocenters. The standard InChI is InChI=1S/C5H5N5O/c11-2-4-6-1-3-5(7-4)9-10-8-3/h1,11H,2H2,(H,6,7,8,9,10). The van der Waals surface area contributed by atoms with Crippen LogP contribution in [-0.4, -0.2) is 30.5 Å². The van der Waals surface area contributed by atoms with Crippen molar-refractivity contribution in [3.63, 3.8) is 0 Å². The summed E-state index contributed by atoms with van der Waals surface area (Å²) in [5, 5.41) is 18.5. The Kier molecular flexibility index (Phi) is 1.26. The Hall–Kier alpha value is -1.56. The number of fused-ring (bicyclic) bond motifs is 1. The van der Waals surface area contributed by atoms with E-state index in [2.05, 4.69) is 25.4 Å². The second-order valence-electron chi connectivity index (χ2n) is 1.98. The largest absolute Gasteiger partial charge is 0.388 e. The number of aliphatic hydroxyl groups is 1. The van der Waals surface area contributed by atoms with Crippen LogP contribution in [0, 0.1) is 0 Å². The van der Waals surface area contributed by atoms with E-state index in [9.17, 15) is 0 Å². The van der Waals surface area contributed by atoms with Crippen LogP contribution in [0.1, 0.15) is 5.82 Å². The number of aromatic nitrogens is 5. The lowest BCUT2D eigenvalue weighted by Crippen LogP contribution is -1.93. The number of aromatic amines is 1. The van der Waals surface area contributed by atoms with Crippen molar-refractivity contribution in [2.24, 2.45) is 0 Å². The zero-order chi connectivity index (χ0) is 7.68. The summed E-state index contributed by atoms with van der Waals surface area (Å²) in [5.41, 5.74) is 1.08. The number of H-pyrrole nitrogens is 1. The van der Waals surface area contributed by atoms with Crippen molar-refractivity contribution in [3.8, 4) is 0 Å². The van der Waals surface area contributed by atoms with Crippen molar-refractivity contribution in [2.75, 3.05) is 0 Å². The van der Waals surface area contributed by atoms with Crippen molar-refractivity contribution in [1.82, 2.24) is 25.4 Å². The first-order valence-electron chi connectivity index (χ1n) is 3.03. The first-order valence-corrected chi connectivity index (χ1v) is 3.03. The van der Waals surface area contributed by atoms with E-state index in [0.717, 1.165) is 0 Å². The summed E-state index contributed by atoms with van der Waals surface area (Å²) < 4.78 is 0. The fraction of sp³-hybridized carbons (Fsp3) is 0.200. The fourth-order valence-electron chi connectivity index (χ4n) is 0.765. The van der Waals surface area contributed by atoms with Gasteiger partial charge >= 0.3 is 0 Å². The molecule has 0 aliphatic heterocycles. The Labute approximate surface area is 61.3 Å². The molecular formula is C5H5N5O. The van der Waals surface area contributed by atoms with E-state index in [1.165, 1.54) is 6.20 Å². The Morgan fingerprint density at radius 2 is 2.36 bits per heavy atom. The van der Waals surface area contributed by atoms with Crippen LogP contribution in [0.15, 0.2) is 6.20 Å². The molecule has 0 bridgehead atoms. The Morgan fingerprint density at radius 1 is 1.45 bits per heavy atom. The molecule has 2 heterocycles. The van der Waals surface area contributed by atoms with Gasteiger partial charge in [-0.1, -0.05) is 0 Å². The van der Waals surface area contributed by atoms with Crippen LogP contribution in [0.5, 0.6) is 0 Å². The van der Waals surface area contributed by atoms with Gasteiger partial charge in [0.15, 0.2) is 5.82 Å². The predicted octanol–water partition coefficient (Wildman–Crippen LogP) is -0.760. The van der Waals surface area contributed by atoms with Gasteiger partial charge in [0.05, 0.1) is 6.20 Å². The highest BCUT2D eigenvalue weighted by Crippen LogP contribution is 2.01. The smallest absolute Gasteiger partial charge is 0.205 e. The molecule has 0 fully saturated rings. The van der Waals surface area contributed by atoms with E-state index in [0.29, 0.717) is 17.0 Å². The molecule has 0 saturated carbocycles. The van der Waals surface area contributed by atoms with Crippen LogP contribution < -0.4 is 0 Å². The molecule has 0 spiro atoms. The second kappa shape index (κ2) is 2.24. The number of hydrogen-bond acceptors (Lipinski definition) is 5. The fourth-order valence-corrected chi connectivity index (χ4v) is 0.765. The summed E-state index contributed by atoms with van der Waals surface area (Å²) in [7, 11) is 0. The molecule has 2 N–H and O–H groups in total. The number of hydrogen-bond donors (Lipinski definition) is 2. The Balaban J connectivity index is 2.67. The average molecular weight is 151 g/mol. The molecule has 2 aromatic heterocycles. The lowest BCUT2D eigenvalue weighted by Gasteiger charge is -1.89.